The molecule has 1 N–H and O–H groups in total. The van der Waals surface area contributed by atoms with Gasteiger partial charge < -0.3 is 14.8 Å². The second-order valence-electron chi connectivity index (χ2n) is 9.14. The molecule has 2 aliphatic heterocycles. The summed E-state index contributed by atoms with van der Waals surface area (Å²) in [4.78, 5) is 53.1. The van der Waals surface area contributed by atoms with Gasteiger partial charge in [0.25, 0.3) is 11.5 Å². The summed E-state index contributed by atoms with van der Waals surface area (Å²) in [6.45, 7) is 6.46. The topological polar surface area (TPSA) is 99.3 Å². The van der Waals surface area contributed by atoms with E-state index in [4.69, 9.17) is 4.98 Å². The average molecular weight is 438 g/mol. The second-order valence-corrected chi connectivity index (χ2v) is 9.14. The molecule has 0 radical (unpaired) electrons. The van der Waals surface area contributed by atoms with Crippen LogP contribution in [0, 0.1) is 5.92 Å². The number of carbonyl (C=O) groups excluding carboxylic acids is 2. The Morgan fingerprint density at radius 3 is 2.56 bits per heavy atom. The van der Waals surface area contributed by atoms with Crippen molar-refractivity contribution in [1.82, 2.24) is 24.8 Å². The molecule has 2 aromatic rings. The van der Waals surface area contributed by atoms with E-state index in [0.717, 1.165) is 31.4 Å². The van der Waals surface area contributed by atoms with Crippen LogP contribution in [0.4, 0.5) is 0 Å². The minimum atomic E-state index is -0.151. The summed E-state index contributed by atoms with van der Waals surface area (Å²) < 4.78 is 0. The smallest absolute Gasteiger partial charge is 0.255 e. The first kappa shape index (κ1) is 22.2. The quantitative estimate of drug-likeness (QED) is 0.792. The second kappa shape index (κ2) is 9.63. The van der Waals surface area contributed by atoms with Crippen molar-refractivity contribution in [2.24, 2.45) is 5.92 Å². The van der Waals surface area contributed by atoms with Crippen molar-refractivity contribution in [3.63, 3.8) is 0 Å². The van der Waals surface area contributed by atoms with Crippen molar-refractivity contribution in [3.8, 4) is 0 Å². The Bertz CT molecular complexity index is 1010. The molecule has 4 rings (SSSR count). The van der Waals surface area contributed by atoms with Crippen LogP contribution in [0.25, 0.3) is 0 Å². The predicted molar refractivity (Wildman–Crippen MR) is 120 cm³/mol. The van der Waals surface area contributed by atoms with Crippen molar-refractivity contribution < 1.29 is 9.59 Å². The maximum Gasteiger partial charge on any atom is 0.255 e. The molecule has 1 atom stereocenters. The molecule has 2 aliphatic rings. The molecule has 2 saturated heterocycles. The van der Waals surface area contributed by atoms with Gasteiger partial charge in [-0.1, -0.05) is 13.8 Å². The van der Waals surface area contributed by atoms with Gasteiger partial charge in [0.1, 0.15) is 5.82 Å². The van der Waals surface area contributed by atoms with Gasteiger partial charge in [0, 0.05) is 62.4 Å². The number of hydrogen-bond donors (Lipinski definition) is 1. The highest BCUT2D eigenvalue weighted by Crippen LogP contribution is 2.29. The van der Waals surface area contributed by atoms with Crippen LogP contribution in [0.5, 0.6) is 0 Å². The highest BCUT2D eigenvalue weighted by molar-refractivity contribution is 5.94. The molecule has 8 nitrogen and oxygen atoms in total. The normalized spacial score (nSPS) is 19.9. The summed E-state index contributed by atoms with van der Waals surface area (Å²) in [5.41, 5.74) is 1.19. The lowest BCUT2D eigenvalue weighted by atomic mass is 9.92. The molecule has 2 amide bonds. The Morgan fingerprint density at radius 1 is 1.09 bits per heavy atom. The summed E-state index contributed by atoms with van der Waals surface area (Å²) in [6.07, 6.45) is 6.60. The largest absolute Gasteiger partial charge is 0.342 e. The summed E-state index contributed by atoms with van der Waals surface area (Å²) in [5, 5.41) is 0. The first-order valence-electron chi connectivity index (χ1n) is 11.5. The first-order valence-corrected chi connectivity index (χ1v) is 11.5. The molecule has 170 valence electrons. The number of rotatable bonds is 4. The van der Waals surface area contributed by atoms with Crippen LogP contribution < -0.4 is 5.56 Å². The lowest BCUT2D eigenvalue weighted by Gasteiger charge is -2.34. The molecule has 0 spiro atoms. The molecule has 8 heteroatoms. The number of pyridine rings is 1. The lowest BCUT2D eigenvalue weighted by molar-refractivity contribution is -0.135. The fourth-order valence-electron chi connectivity index (χ4n) is 4.71. The minimum Gasteiger partial charge on any atom is -0.342 e. The highest BCUT2D eigenvalue weighted by Gasteiger charge is 2.29. The van der Waals surface area contributed by atoms with E-state index in [-0.39, 0.29) is 35.1 Å². The minimum absolute atomic E-state index is 0.00330. The van der Waals surface area contributed by atoms with Crippen molar-refractivity contribution in [1.29, 1.82) is 0 Å². The van der Waals surface area contributed by atoms with Gasteiger partial charge in [0.2, 0.25) is 5.91 Å². The number of likely N-dealkylation sites (tertiary alicyclic amines) is 2. The van der Waals surface area contributed by atoms with E-state index in [1.54, 1.807) is 30.6 Å². The monoisotopic (exact) mass is 437 g/mol. The van der Waals surface area contributed by atoms with Crippen molar-refractivity contribution >= 4 is 11.8 Å². The van der Waals surface area contributed by atoms with Crippen LogP contribution in [0.15, 0.2) is 35.4 Å². The molecular formula is C24H31N5O3. The van der Waals surface area contributed by atoms with Crippen molar-refractivity contribution in [2.75, 3.05) is 26.2 Å². The number of carbonyl (C=O) groups is 2. The Kier molecular flexibility index (Phi) is 6.67. The fourth-order valence-corrected chi connectivity index (χ4v) is 4.71. The van der Waals surface area contributed by atoms with Crippen molar-refractivity contribution in [3.05, 3.63) is 58.0 Å². The maximum absolute atomic E-state index is 12.9. The maximum atomic E-state index is 12.9. The van der Waals surface area contributed by atoms with Crippen molar-refractivity contribution in [2.45, 2.75) is 51.4 Å². The number of nitrogens with one attached hydrogen (secondary N) is 1. The lowest BCUT2D eigenvalue weighted by Crippen LogP contribution is -2.41. The number of hydrogen-bond acceptors (Lipinski definition) is 5. The van der Waals surface area contributed by atoms with Gasteiger partial charge in [-0.3, -0.25) is 19.4 Å². The molecule has 0 aliphatic carbocycles. The molecule has 0 aromatic carbocycles. The standard InChI is InChI=1S/C24H31N5O3/c1-16(2)23(31)28-11-7-17(8-12-28)22-26-20(13-21(30)27-22)19-6-4-10-29(15-19)24(32)18-5-3-9-25-14-18/h3,5,9,13-14,16-17,19H,4,6-8,10-12,15H2,1-2H3,(H,26,27,30). The van der Waals surface area contributed by atoms with E-state index in [9.17, 15) is 14.4 Å². The fraction of sp³-hybridized carbons (Fsp3) is 0.542. The van der Waals surface area contributed by atoms with Gasteiger partial charge in [-0.25, -0.2) is 4.98 Å². The molecule has 2 fully saturated rings. The van der Waals surface area contributed by atoms with E-state index < -0.39 is 0 Å². The van der Waals surface area contributed by atoms with E-state index in [1.807, 2.05) is 23.6 Å². The molecule has 2 aromatic heterocycles. The van der Waals surface area contributed by atoms with E-state index in [0.29, 0.717) is 37.6 Å². The Hall–Kier alpha value is -3.03. The summed E-state index contributed by atoms with van der Waals surface area (Å²) in [5.74, 6) is 1.02. The Balaban J connectivity index is 1.46. The molecular weight excluding hydrogens is 406 g/mol. The van der Waals surface area contributed by atoms with Crippen LogP contribution in [0.3, 0.4) is 0 Å². The zero-order valence-electron chi connectivity index (χ0n) is 18.8. The highest BCUT2D eigenvalue weighted by atomic mass is 16.2. The third-order valence-corrected chi connectivity index (χ3v) is 6.50. The average Bonchev–Trinajstić information content (AvgIpc) is 2.83. The van der Waals surface area contributed by atoms with Crippen LogP contribution in [0.1, 0.15) is 73.2 Å². The van der Waals surface area contributed by atoms with Gasteiger partial charge in [-0.15, -0.1) is 0 Å². The molecule has 4 heterocycles. The Labute approximate surface area is 188 Å². The van der Waals surface area contributed by atoms with E-state index in [2.05, 4.69) is 9.97 Å². The molecule has 32 heavy (non-hydrogen) atoms. The van der Waals surface area contributed by atoms with Gasteiger partial charge >= 0.3 is 0 Å². The third kappa shape index (κ3) is 4.89. The molecule has 1 unspecified atom stereocenters. The SMILES string of the molecule is CC(C)C(=O)N1CCC(c2nc(C3CCCN(C(=O)c4cccnc4)C3)cc(=O)[nH]2)CC1. The molecule has 0 saturated carbocycles. The van der Waals surface area contributed by atoms with Crippen LogP contribution in [-0.4, -0.2) is 62.7 Å². The first-order chi connectivity index (χ1) is 15.4. The van der Waals surface area contributed by atoms with E-state index >= 15 is 0 Å². The summed E-state index contributed by atoms with van der Waals surface area (Å²) in [6, 6.07) is 5.11. The zero-order chi connectivity index (χ0) is 22.7. The number of amides is 2. The van der Waals surface area contributed by atoms with Gasteiger partial charge in [0.05, 0.1) is 11.3 Å². The zero-order valence-corrected chi connectivity index (χ0v) is 18.8. The number of aromatic amines is 1. The third-order valence-electron chi connectivity index (χ3n) is 6.50. The summed E-state index contributed by atoms with van der Waals surface area (Å²) in [7, 11) is 0. The van der Waals surface area contributed by atoms with Crippen LogP contribution in [-0.2, 0) is 4.79 Å². The Morgan fingerprint density at radius 2 is 1.88 bits per heavy atom. The van der Waals surface area contributed by atoms with Gasteiger partial charge in [-0.2, -0.15) is 0 Å². The van der Waals surface area contributed by atoms with Gasteiger partial charge in [0.15, 0.2) is 0 Å². The predicted octanol–water partition coefficient (Wildman–Crippen LogP) is 2.55. The number of nitrogens with zero attached hydrogens (tertiary/aromatic N) is 4. The van der Waals surface area contributed by atoms with Crippen LogP contribution in [0.2, 0.25) is 0 Å². The van der Waals surface area contributed by atoms with E-state index in [1.165, 1.54) is 0 Å². The number of aromatic nitrogens is 3. The molecule has 0 bridgehead atoms. The van der Waals surface area contributed by atoms with Gasteiger partial charge in [-0.05, 0) is 37.8 Å². The number of H-pyrrole nitrogens is 1. The summed E-state index contributed by atoms with van der Waals surface area (Å²) >= 11 is 0. The van der Waals surface area contributed by atoms with Crippen LogP contribution >= 0.6 is 0 Å². The number of piperidine rings is 2.